The van der Waals surface area contributed by atoms with E-state index in [1.54, 1.807) is 0 Å². The predicted octanol–water partition coefficient (Wildman–Crippen LogP) is 3.65. The van der Waals surface area contributed by atoms with Crippen LogP contribution in [0.4, 0.5) is 4.39 Å². The van der Waals surface area contributed by atoms with Gasteiger partial charge in [0.05, 0.1) is 5.02 Å². The van der Waals surface area contributed by atoms with E-state index in [0.29, 0.717) is 0 Å². The minimum absolute atomic E-state index is 0. The van der Waals surface area contributed by atoms with E-state index in [0.717, 1.165) is 0 Å². The maximum atomic E-state index is 13.5. The normalized spacial score (nSPS) is 13.1. The average molecular weight is 268 g/mol. The third-order valence-corrected chi connectivity index (χ3v) is 2.66. The highest BCUT2D eigenvalue weighted by atomic mass is 35.5. The number of phenols is 1. The standard InChI is InChI=1S/C11H15ClFNO.ClH/c1-11(2,3)10(14)8-7(13)5-4-6(12)9(8)15;/h4-5,10,15H,14H2,1-3H3;1H/t10-;/m1./s1. The zero-order chi connectivity index (χ0) is 11.8. The van der Waals surface area contributed by atoms with Gasteiger partial charge in [0.25, 0.3) is 0 Å². The molecule has 0 bridgehead atoms. The molecule has 0 aliphatic carbocycles. The van der Waals surface area contributed by atoms with Crippen LogP contribution in [-0.4, -0.2) is 5.11 Å². The number of halogens is 3. The molecule has 0 saturated carbocycles. The first kappa shape index (κ1) is 15.5. The zero-order valence-corrected chi connectivity index (χ0v) is 11.0. The lowest BCUT2D eigenvalue weighted by Gasteiger charge is -2.28. The van der Waals surface area contributed by atoms with E-state index in [1.807, 2.05) is 20.8 Å². The molecule has 0 heterocycles. The van der Waals surface area contributed by atoms with Gasteiger partial charge in [-0.1, -0.05) is 32.4 Å². The molecular formula is C11H16Cl2FNO. The molecule has 1 aromatic rings. The van der Waals surface area contributed by atoms with Gasteiger partial charge in [-0.15, -0.1) is 12.4 Å². The highest BCUT2D eigenvalue weighted by Gasteiger charge is 2.28. The first-order chi connectivity index (χ1) is 6.75. The van der Waals surface area contributed by atoms with Gasteiger partial charge < -0.3 is 10.8 Å². The van der Waals surface area contributed by atoms with Crippen LogP contribution in [0.1, 0.15) is 32.4 Å². The molecule has 0 amide bonds. The lowest BCUT2D eigenvalue weighted by molar-refractivity contribution is 0.309. The molecule has 1 rings (SSSR count). The summed E-state index contributed by atoms with van der Waals surface area (Å²) in [7, 11) is 0. The Labute approximate surface area is 106 Å². The molecular weight excluding hydrogens is 252 g/mol. The Morgan fingerprint density at radius 2 is 1.88 bits per heavy atom. The summed E-state index contributed by atoms with van der Waals surface area (Å²) in [5, 5.41) is 9.78. The van der Waals surface area contributed by atoms with E-state index >= 15 is 0 Å². The molecule has 5 heteroatoms. The number of rotatable bonds is 1. The van der Waals surface area contributed by atoms with E-state index in [-0.39, 0.29) is 34.2 Å². The third kappa shape index (κ3) is 3.00. The fraction of sp³-hybridized carbons (Fsp3) is 0.455. The summed E-state index contributed by atoms with van der Waals surface area (Å²) in [6.45, 7) is 5.62. The summed E-state index contributed by atoms with van der Waals surface area (Å²) in [6.07, 6.45) is 0. The second-order valence-electron chi connectivity index (χ2n) is 4.64. The van der Waals surface area contributed by atoms with Crippen molar-refractivity contribution in [3.05, 3.63) is 28.5 Å². The van der Waals surface area contributed by atoms with Gasteiger partial charge in [0, 0.05) is 11.6 Å². The van der Waals surface area contributed by atoms with Crippen LogP contribution in [0.2, 0.25) is 5.02 Å². The van der Waals surface area contributed by atoms with Crippen molar-refractivity contribution in [3.63, 3.8) is 0 Å². The molecule has 3 N–H and O–H groups in total. The molecule has 0 radical (unpaired) electrons. The van der Waals surface area contributed by atoms with E-state index in [2.05, 4.69) is 0 Å². The first-order valence-electron chi connectivity index (χ1n) is 4.67. The van der Waals surface area contributed by atoms with Crippen LogP contribution in [0.3, 0.4) is 0 Å². The maximum Gasteiger partial charge on any atom is 0.141 e. The van der Waals surface area contributed by atoms with Crippen molar-refractivity contribution >= 4 is 24.0 Å². The Morgan fingerprint density at radius 3 is 2.31 bits per heavy atom. The maximum absolute atomic E-state index is 13.5. The number of nitrogens with two attached hydrogens (primary N) is 1. The van der Waals surface area contributed by atoms with Gasteiger partial charge in [0.2, 0.25) is 0 Å². The fourth-order valence-corrected chi connectivity index (χ4v) is 1.45. The molecule has 0 fully saturated rings. The number of aromatic hydroxyl groups is 1. The van der Waals surface area contributed by atoms with E-state index in [1.165, 1.54) is 12.1 Å². The molecule has 16 heavy (non-hydrogen) atoms. The summed E-state index contributed by atoms with van der Waals surface area (Å²) >= 11 is 5.71. The van der Waals surface area contributed by atoms with Gasteiger partial charge in [0.15, 0.2) is 0 Å². The number of benzene rings is 1. The number of hydrogen-bond acceptors (Lipinski definition) is 2. The number of hydrogen-bond donors (Lipinski definition) is 2. The van der Waals surface area contributed by atoms with Crippen molar-refractivity contribution < 1.29 is 9.50 Å². The summed E-state index contributed by atoms with van der Waals surface area (Å²) < 4.78 is 13.5. The van der Waals surface area contributed by atoms with Crippen molar-refractivity contribution in [2.75, 3.05) is 0 Å². The molecule has 0 aliphatic rings. The van der Waals surface area contributed by atoms with Crippen molar-refractivity contribution in [3.8, 4) is 5.75 Å². The van der Waals surface area contributed by atoms with Crippen LogP contribution >= 0.6 is 24.0 Å². The largest absolute Gasteiger partial charge is 0.506 e. The van der Waals surface area contributed by atoms with Crippen molar-refractivity contribution in [2.45, 2.75) is 26.8 Å². The second-order valence-corrected chi connectivity index (χ2v) is 5.04. The Kier molecular flexibility index (Phi) is 5.05. The zero-order valence-electron chi connectivity index (χ0n) is 9.42. The number of phenolic OH excluding ortho intramolecular Hbond substituents is 1. The minimum atomic E-state index is -0.601. The summed E-state index contributed by atoms with van der Waals surface area (Å²) in [6, 6.07) is 1.92. The topological polar surface area (TPSA) is 46.2 Å². The summed E-state index contributed by atoms with van der Waals surface area (Å²) in [5.74, 6) is -0.793. The van der Waals surface area contributed by atoms with Crippen molar-refractivity contribution in [2.24, 2.45) is 11.1 Å². The molecule has 0 aromatic heterocycles. The summed E-state index contributed by atoms with van der Waals surface area (Å²) in [5.41, 5.74) is 5.62. The van der Waals surface area contributed by atoms with Crippen LogP contribution in [-0.2, 0) is 0 Å². The summed E-state index contributed by atoms with van der Waals surface area (Å²) in [4.78, 5) is 0. The molecule has 0 unspecified atom stereocenters. The lowest BCUT2D eigenvalue weighted by atomic mass is 9.82. The molecule has 2 nitrogen and oxygen atoms in total. The lowest BCUT2D eigenvalue weighted by Crippen LogP contribution is -2.27. The minimum Gasteiger partial charge on any atom is -0.506 e. The predicted molar refractivity (Wildman–Crippen MR) is 66.7 cm³/mol. The van der Waals surface area contributed by atoms with Crippen LogP contribution in [0.5, 0.6) is 5.75 Å². The van der Waals surface area contributed by atoms with Crippen LogP contribution < -0.4 is 5.73 Å². The smallest absolute Gasteiger partial charge is 0.141 e. The molecule has 1 atom stereocenters. The SMILES string of the molecule is CC(C)(C)[C@H](N)c1c(F)ccc(Cl)c1O.Cl. The van der Waals surface area contributed by atoms with E-state index in [4.69, 9.17) is 17.3 Å². The molecule has 1 aromatic carbocycles. The van der Waals surface area contributed by atoms with Gasteiger partial charge in [0.1, 0.15) is 11.6 Å². The Morgan fingerprint density at radius 1 is 1.38 bits per heavy atom. The average Bonchev–Trinajstić information content (AvgIpc) is 2.10. The van der Waals surface area contributed by atoms with Gasteiger partial charge in [-0.25, -0.2) is 4.39 Å². The Balaban J connectivity index is 0.00000225. The fourth-order valence-electron chi connectivity index (χ4n) is 1.29. The van der Waals surface area contributed by atoms with Gasteiger partial charge >= 0.3 is 0 Å². The van der Waals surface area contributed by atoms with E-state index < -0.39 is 11.9 Å². The quantitative estimate of drug-likeness (QED) is 0.816. The Bertz CT molecular complexity index is 377. The van der Waals surface area contributed by atoms with Crippen molar-refractivity contribution in [1.82, 2.24) is 0 Å². The van der Waals surface area contributed by atoms with Crippen LogP contribution in [0.15, 0.2) is 12.1 Å². The van der Waals surface area contributed by atoms with Crippen molar-refractivity contribution in [1.29, 1.82) is 0 Å². The van der Waals surface area contributed by atoms with Gasteiger partial charge in [-0.05, 0) is 17.5 Å². The third-order valence-electron chi connectivity index (χ3n) is 2.36. The highest BCUT2D eigenvalue weighted by molar-refractivity contribution is 6.32. The Hall–Kier alpha value is -0.510. The molecule has 0 saturated heterocycles. The highest BCUT2D eigenvalue weighted by Crippen LogP contribution is 2.39. The van der Waals surface area contributed by atoms with Gasteiger partial charge in [-0.3, -0.25) is 0 Å². The van der Waals surface area contributed by atoms with Gasteiger partial charge in [-0.2, -0.15) is 0 Å². The monoisotopic (exact) mass is 267 g/mol. The molecule has 92 valence electrons. The second kappa shape index (κ2) is 5.21. The van der Waals surface area contributed by atoms with Crippen LogP contribution in [0.25, 0.3) is 0 Å². The first-order valence-corrected chi connectivity index (χ1v) is 5.05. The molecule has 0 aliphatic heterocycles. The molecule has 0 spiro atoms. The van der Waals surface area contributed by atoms with E-state index in [9.17, 15) is 9.50 Å². The van der Waals surface area contributed by atoms with Crippen LogP contribution in [0, 0.1) is 11.2 Å².